The fourth-order valence-corrected chi connectivity index (χ4v) is 4.07. The maximum absolute atomic E-state index is 15.3. The molecule has 0 atom stereocenters. The molecule has 9 nitrogen and oxygen atoms in total. The molecule has 1 aliphatic rings. The molecule has 0 spiro atoms. The zero-order valence-corrected chi connectivity index (χ0v) is 20.1. The quantitative estimate of drug-likeness (QED) is 0.323. The van der Waals surface area contributed by atoms with Crippen LogP contribution in [0, 0.1) is 17.0 Å². The Labute approximate surface area is 216 Å². The van der Waals surface area contributed by atoms with Crippen molar-refractivity contribution in [1.29, 1.82) is 0 Å². The van der Waals surface area contributed by atoms with E-state index in [-0.39, 0.29) is 36.6 Å². The van der Waals surface area contributed by atoms with Crippen LogP contribution in [0.5, 0.6) is 11.5 Å². The van der Waals surface area contributed by atoms with E-state index in [1.165, 1.54) is 47.5 Å². The lowest BCUT2D eigenvalue weighted by atomic mass is 10.0. The maximum atomic E-state index is 15.3. The van der Waals surface area contributed by atoms with Crippen molar-refractivity contribution in [2.45, 2.75) is 19.4 Å². The zero-order chi connectivity index (χ0) is 26.9. The van der Waals surface area contributed by atoms with E-state index in [9.17, 15) is 14.0 Å². The van der Waals surface area contributed by atoms with Gasteiger partial charge in [-0.15, -0.1) is 0 Å². The van der Waals surface area contributed by atoms with Crippen LogP contribution in [0.2, 0.25) is 0 Å². The Morgan fingerprint density at radius 1 is 1.08 bits per heavy atom. The predicted octanol–water partition coefficient (Wildman–Crippen LogP) is 3.94. The zero-order valence-electron chi connectivity index (χ0n) is 20.1. The summed E-state index contributed by atoms with van der Waals surface area (Å²) in [7, 11) is 0. The highest BCUT2D eigenvalue weighted by Crippen LogP contribution is 2.49. The Morgan fingerprint density at radius 3 is 2.47 bits per heavy atom. The molecule has 38 heavy (non-hydrogen) atoms. The maximum Gasteiger partial charge on any atom is 0.247 e. The molecule has 1 saturated carbocycles. The van der Waals surface area contributed by atoms with Gasteiger partial charge in [0.1, 0.15) is 17.0 Å². The summed E-state index contributed by atoms with van der Waals surface area (Å²) in [5, 5.41) is 13.2. The fraction of sp³-hybridized carbons (Fsp3) is 0.185. The van der Waals surface area contributed by atoms with Gasteiger partial charge < -0.3 is 15.6 Å². The molecule has 2 aromatic heterocycles. The van der Waals surface area contributed by atoms with Gasteiger partial charge in [-0.25, -0.2) is 8.78 Å². The second-order valence-electron chi connectivity index (χ2n) is 8.87. The first kappa shape index (κ1) is 25.0. The van der Waals surface area contributed by atoms with Gasteiger partial charge in [-0.2, -0.15) is 5.10 Å². The lowest BCUT2D eigenvalue weighted by molar-refractivity contribution is -0.133. The number of halogens is 2. The second-order valence-corrected chi connectivity index (χ2v) is 8.87. The SMILES string of the molecule is NC(=O)C1(C(=O)N(c2ccc(F)cc2)c2ccc(Oc3ccnc(-c4cnn(CCO)c4)c3)c(F)c2)CC1. The van der Waals surface area contributed by atoms with Crippen LogP contribution in [0.1, 0.15) is 12.8 Å². The van der Waals surface area contributed by atoms with Crippen molar-refractivity contribution in [2.75, 3.05) is 11.5 Å². The largest absolute Gasteiger partial charge is 0.454 e. The van der Waals surface area contributed by atoms with E-state index in [4.69, 9.17) is 15.6 Å². The second kappa shape index (κ2) is 10.0. The topological polar surface area (TPSA) is 124 Å². The van der Waals surface area contributed by atoms with Crippen LogP contribution in [-0.4, -0.2) is 38.3 Å². The Balaban J connectivity index is 1.43. The van der Waals surface area contributed by atoms with E-state index in [1.54, 1.807) is 29.2 Å². The first-order valence-corrected chi connectivity index (χ1v) is 11.8. The number of carbonyl (C=O) groups excluding carboxylic acids is 2. The molecule has 1 aliphatic carbocycles. The number of aliphatic hydroxyl groups excluding tert-OH is 1. The highest BCUT2D eigenvalue weighted by molar-refractivity contribution is 6.16. The van der Waals surface area contributed by atoms with Gasteiger partial charge in [0.05, 0.1) is 30.7 Å². The molecule has 0 saturated heterocycles. The highest BCUT2D eigenvalue weighted by atomic mass is 19.1. The summed E-state index contributed by atoms with van der Waals surface area (Å²) < 4.78 is 36.1. The molecule has 0 bridgehead atoms. The number of carbonyl (C=O) groups is 2. The van der Waals surface area contributed by atoms with E-state index in [0.717, 1.165) is 6.07 Å². The number of amides is 2. The molecule has 2 aromatic carbocycles. The summed E-state index contributed by atoms with van der Waals surface area (Å²) in [4.78, 5) is 30.9. The predicted molar refractivity (Wildman–Crippen MR) is 133 cm³/mol. The van der Waals surface area contributed by atoms with Gasteiger partial charge in [0.25, 0.3) is 0 Å². The average Bonchev–Trinajstić information content (AvgIpc) is 3.60. The normalized spacial score (nSPS) is 13.7. The fourth-order valence-electron chi connectivity index (χ4n) is 4.07. The summed E-state index contributed by atoms with van der Waals surface area (Å²) in [6.45, 7) is 0.284. The molecule has 0 radical (unpaired) electrons. The summed E-state index contributed by atoms with van der Waals surface area (Å²) in [5.74, 6) is -2.43. The molecular weight excluding hydrogens is 496 g/mol. The molecular formula is C27H23F2N5O4. The number of anilines is 2. The molecule has 1 fully saturated rings. The first-order valence-electron chi connectivity index (χ1n) is 11.8. The molecule has 2 heterocycles. The summed E-state index contributed by atoms with van der Waals surface area (Å²) >= 11 is 0. The van der Waals surface area contributed by atoms with Crippen LogP contribution in [0.15, 0.2) is 73.2 Å². The van der Waals surface area contributed by atoms with Crippen molar-refractivity contribution in [2.24, 2.45) is 11.1 Å². The van der Waals surface area contributed by atoms with Gasteiger partial charge in [-0.1, -0.05) is 0 Å². The standard InChI is InChI=1S/C27H23F2N5O4/c28-18-1-3-19(4-2-18)34(26(37)27(8-9-27)25(30)36)20-5-6-24(22(29)13-20)38-21-7-10-31-23(14-21)17-15-32-33(16-17)11-12-35/h1-7,10,13-16,35H,8-9,11-12H2,(H2,30,36). The molecule has 0 unspecified atom stereocenters. The van der Waals surface area contributed by atoms with Crippen molar-refractivity contribution in [1.82, 2.24) is 14.8 Å². The minimum Gasteiger partial charge on any atom is -0.454 e. The Bertz CT molecular complexity index is 1500. The van der Waals surface area contributed by atoms with Gasteiger partial charge in [0.2, 0.25) is 11.8 Å². The van der Waals surface area contributed by atoms with Crippen molar-refractivity contribution in [3.05, 3.63) is 84.8 Å². The van der Waals surface area contributed by atoms with Crippen molar-refractivity contribution >= 4 is 23.2 Å². The van der Waals surface area contributed by atoms with Crippen LogP contribution >= 0.6 is 0 Å². The number of pyridine rings is 1. The van der Waals surface area contributed by atoms with E-state index < -0.39 is 28.9 Å². The molecule has 194 valence electrons. The number of benzene rings is 2. The van der Waals surface area contributed by atoms with E-state index in [2.05, 4.69) is 10.1 Å². The first-order chi connectivity index (χ1) is 18.3. The van der Waals surface area contributed by atoms with Crippen LogP contribution in [-0.2, 0) is 16.1 Å². The van der Waals surface area contributed by atoms with Crippen LogP contribution in [0.4, 0.5) is 20.2 Å². The van der Waals surface area contributed by atoms with Crippen LogP contribution < -0.4 is 15.4 Å². The number of rotatable bonds is 9. The Kier molecular flexibility index (Phi) is 6.60. The number of aliphatic hydroxyl groups is 1. The van der Waals surface area contributed by atoms with Crippen molar-refractivity contribution in [3.63, 3.8) is 0 Å². The lowest BCUT2D eigenvalue weighted by Gasteiger charge is -2.26. The van der Waals surface area contributed by atoms with Crippen molar-refractivity contribution in [3.8, 4) is 22.8 Å². The number of hydrogen-bond donors (Lipinski definition) is 2. The minimum atomic E-state index is -1.38. The molecule has 5 rings (SSSR count). The van der Waals surface area contributed by atoms with Gasteiger partial charge in [-0.05, 0) is 55.3 Å². The molecule has 2 amide bonds. The van der Waals surface area contributed by atoms with Crippen molar-refractivity contribution < 1.29 is 28.2 Å². The van der Waals surface area contributed by atoms with E-state index in [0.29, 0.717) is 23.6 Å². The molecule has 0 aliphatic heterocycles. The minimum absolute atomic E-state index is 0.0549. The monoisotopic (exact) mass is 519 g/mol. The number of nitrogens with zero attached hydrogens (tertiary/aromatic N) is 4. The third-order valence-corrected chi connectivity index (χ3v) is 6.31. The number of ether oxygens (including phenoxy) is 1. The van der Waals surface area contributed by atoms with Gasteiger partial charge in [-0.3, -0.25) is 24.2 Å². The van der Waals surface area contributed by atoms with Crippen LogP contribution in [0.3, 0.4) is 0 Å². The smallest absolute Gasteiger partial charge is 0.247 e. The number of nitrogens with two attached hydrogens (primary N) is 1. The Hall–Kier alpha value is -4.64. The average molecular weight is 520 g/mol. The number of hydrogen-bond acceptors (Lipinski definition) is 6. The van der Waals surface area contributed by atoms with Gasteiger partial charge in [0, 0.05) is 35.8 Å². The summed E-state index contributed by atoms with van der Waals surface area (Å²) in [5.41, 5.74) is 5.75. The van der Waals surface area contributed by atoms with E-state index >= 15 is 4.39 Å². The third kappa shape index (κ3) is 4.83. The molecule has 4 aromatic rings. The number of aromatic nitrogens is 3. The van der Waals surface area contributed by atoms with Crippen LogP contribution in [0.25, 0.3) is 11.3 Å². The van der Waals surface area contributed by atoms with E-state index in [1.807, 2.05) is 0 Å². The summed E-state index contributed by atoms with van der Waals surface area (Å²) in [6.07, 6.45) is 5.39. The van der Waals surface area contributed by atoms with Gasteiger partial charge in [0.15, 0.2) is 11.6 Å². The third-order valence-electron chi connectivity index (χ3n) is 6.31. The Morgan fingerprint density at radius 2 is 1.82 bits per heavy atom. The lowest BCUT2D eigenvalue weighted by Crippen LogP contribution is -2.41. The number of primary amides is 1. The van der Waals surface area contributed by atoms with Gasteiger partial charge >= 0.3 is 0 Å². The highest BCUT2D eigenvalue weighted by Gasteiger charge is 2.57. The molecule has 3 N–H and O–H groups in total. The summed E-state index contributed by atoms with van der Waals surface area (Å²) in [6, 6.07) is 12.2. The molecule has 11 heteroatoms.